The molecular formula is C10H6F13N. The van der Waals surface area contributed by atoms with Gasteiger partial charge in [-0.15, -0.1) is 0 Å². The van der Waals surface area contributed by atoms with E-state index in [1.54, 1.807) is 0 Å². The second-order valence-electron chi connectivity index (χ2n) is 4.23. The quantitative estimate of drug-likeness (QED) is 0.517. The summed E-state index contributed by atoms with van der Waals surface area (Å²) in [6, 6.07) is 0. The summed E-state index contributed by atoms with van der Waals surface area (Å²) in [7, 11) is 0. The molecule has 2 N–H and O–H groups in total. The summed E-state index contributed by atoms with van der Waals surface area (Å²) >= 11 is 0. The lowest BCUT2D eigenvalue weighted by atomic mass is 9.92. The van der Waals surface area contributed by atoms with Crippen LogP contribution in [-0.2, 0) is 0 Å². The van der Waals surface area contributed by atoms with Crippen LogP contribution in [0.1, 0.15) is 0 Å². The van der Waals surface area contributed by atoms with E-state index in [0.717, 1.165) is 0 Å². The maximum atomic E-state index is 13.2. The molecule has 0 aliphatic carbocycles. The molecule has 0 aliphatic rings. The molecule has 0 saturated heterocycles. The maximum absolute atomic E-state index is 13.2. The lowest BCUT2D eigenvalue weighted by Gasteiger charge is -2.39. The Kier molecular flexibility index (Phi) is 5.33. The third-order valence-electron chi connectivity index (χ3n) is 2.59. The van der Waals surface area contributed by atoms with E-state index in [0.29, 0.717) is 0 Å². The van der Waals surface area contributed by atoms with Crippen molar-refractivity contribution in [1.29, 1.82) is 0 Å². The zero-order valence-corrected chi connectivity index (χ0v) is 10.9. The van der Waals surface area contributed by atoms with Crippen molar-refractivity contribution < 1.29 is 57.1 Å². The van der Waals surface area contributed by atoms with E-state index in [-0.39, 0.29) is 12.2 Å². The highest BCUT2D eigenvalue weighted by molar-refractivity contribution is 5.23. The van der Waals surface area contributed by atoms with Gasteiger partial charge in [0.1, 0.15) is 0 Å². The van der Waals surface area contributed by atoms with Crippen LogP contribution in [0, 0.1) is 0 Å². The van der Waals surface area contributed by atoms with Gasteiger partial charge in [0.15, 0.2) is 0 Å². The molecular weight excluding hydrogens is 381 g/mol. The van der Waals surface area contributed by atoms with Crippen LogP contribution < -0.4 is 5.73 Å². The summed E-state index contributed by atoms with van der Waals surface area (Å²) < 4.78 is 165. The zero-order chi connectivity index (χ0) is 20.0. The third-order valence-corrected chi connectivity index (χ3v) is 2.59. The fourth-order valence-electron chi connectivity index (χ4n) is 1.18. The Balaban J connectivity index is 6.41. The summed E-state index contributed by atoms with van der Waals surface area (Å²) in [6.07, 6.45) is -7.47. The molecule has 0 saturated carbocycles. The highest BCUT2D eigenvalue weighted by atomic mass is 19.4. The minimum absolute atomic E-state index is 0.222. The minimum Gasteiger partial charge on any atom is -0.397 e. The van der Waals surface area contributed by atoms with E-state index < -0.39 is 41.5 Å². The number of hydrogen-bond acceptors (Lipinski definition) is 1. The first-order valence-corrected chi connectivity index (χ1v) is 5.28. The SMILES string of the molecule is C=CC=C(N)C(F)(F)C(F)(F)C(F)(F)C(F)(F)C(F)(F)C(F)(F)F. The van der Waals surface area contributed by atoms with E-state index in [1.807, 2.05) is 0 Å². The van der Waals surface area contributed by atoms with E-state index in [4.69, 9.17) is 0 Å². The molecule has 24 heavy (non-hydrogen) atoms. The third kappa shape index (κ3) is 2.79. The molecule has 0 rings (SSSR count). The van der Waals surface area contributed by atoms with Crippen LogP contribution in [0.4, 0.5) is 57.1 Å². The van der Waals surface area contributed by atoms with Crippen molar-refractivity contribution in [3.05, 3.63) is 24.4 Å². The molecule has 0 radical (unpaired) electrons. The molecule has 0 aromatic heterocycles. The van der Waals surface area contributed by atoms with Crippen LogP contribution in [0.25, 0.3) is 0 Å². The van der Waals surface area contributed by atoms with Gasteiger partial charge in [-0.05, 0) is 6.08 Å². The Morgan fingerprint density at radius 1 is 0.625 bits per heavy atom. The molecule has 142 valence electrons. The average molecular weight is 387 g/mol. The molecule has 0 aromatic rings. The predicted octanol–water partition coefficient (Wildman–Crippen LogP) is 4.75. The largest absolute Gasteiger partial charge is 0.460 e. The second-order valence-corrected chi connectivity index (χ2v) is 4.23. The van der Waals surface area contributed by atoms with Gasteiger partial charge in [-0.3, -0.25) is 0 Å². The van der Waals surface area contributed by atoms with Gasteiger partial charge in [0.25, 0.3) is 0 Å². The summed E-state index contributed by atoms with van der Waals surface area (Å²) in [5, 5.41) is 0. The lowest BCUT2D eigenvalue weighted by molar-refractivity contribution is -0.437. The van der Waals surface area contributed by atoms with Crippen molar-refractivity contribution >= 4 is 0 Å². The van der Waals surface area contributed by atoms with Gasteiger partial charge in [0.2, 0.25) is 0 Å². The summed E-state index contributed by atoms with van der Waals surface area (Å²) in [6.45, 7) is 2.64. The standard InChI is InChI=1S/C10H6F13N/c1-2-3-4(24)5(11,12)6(13,14)7(15,16)8(17,18)9(19,20)10(21,22)23/h2-3H,1,24H2. The normalized spacial score (nSPS) is 16.3. The second kappa shape index (κ2) is 5.72. The smallest absolute Gasteiger partial charge is 0.397 e. The Morgan fingerprint density at radius 3 is 1.25 bits per heavy atom. The molecule has 0 amide bonds. The predicted molar refractivity (Wildman–Crippen MR) is 53.3 cm³/mol. The van der Waals surface area contributed by atoms with Gasteiger partial charge in [-0.2, -0.15) is 57.1 Å². The number of alkyl halides is 13. The molecule has 0 heterocycles. The zero-order valence-electron chi connectivity index (χ0n) is 10.9. The van der Waals surface area contributed by atoms with E-state index in [1.165, 1.54) is 0 Å². The van der Waals surface area contributed by atoms with Crippen molar-refractivity contribution in [1.82, 2.24) is 0 Å². The molecule has 14 heteroatoms. The number of hydrogen-bond donors (Lipinski definition) is 1. The van der Waals surface area contributed by atoms with Crippen LogP contribution >= 0.6 is 0 Å². The first kappa shape index (κ1) is 22.4. The molecule has 0 atom stereocenters. The first-order valence-electron chi connectivity index (χ1n) is 5.28. The number of nitrogens with two attached hydrogens (primary N) is 1. The molecule has 0 unspecified atom stereocenters. The maximum Gasteiger partial charge on any atom is 0.460 e. The fraction of sp³-hybridized carbons (Fsp3) is 0.600. The molecule has 0 spiro atoms. The molecule has 1 nitrogen and oxygen atoms in total. The van der Waals surface area contributed by atoms with Crippen LogP contribution in [0.2, 0.25) is 0 Å². The lowest BCUT2D eigenvalue weighted by Crippen LogP contribution is -2.70. The minimum atomic E-state index is -7.93. The van der Waals surface area contributed by atoms with Crippen LogP contribution in [0.15, 0.2) is 24.4 Å². The van der Waals surface area contributed by atoms with Gasteiger partial charge < -0.3 is 5.73 Å². The summed E-state index contributed by atoms with van der Waals surface area (Å²) in [5.74, 6) is -37.3. The van der Waals surface area contributed by atoms with Crippen molar-refractivity contribution in [3.8, 4) is 0 Å². The number of halogens is 13. The van der Waals surface area contributed by atoms with Crippen LogP contribution in [0.5, 0.6) is 0 Å². The van der Waals surface area contributed by atoms with Gasteiger partial charge in [0, 0.05) is 0 Å². The monoisotopic (exact) mass is 387 g/mol. The van der Waals surface area contributed by atoms with E-state index in [9.17, 15) is 57.1 Å². The first-order chi connectivity index (χ1) is 10.2. The van der Waals surface area contributed by atoms with Crippen molar-refractivity contribution in [2.24, 2.45) is 5.73 Å². The Hall–Kier alpha value is -1.63. The summed E-state index contributed by atoms with van der Waals surface area (Å²) in [4.78, 5) is 0. The van der Waals surface area contributed by atoms with Crippen LogP contribution in [-0.4, -0.2) is 35.8 Å². The Morgan fingerprint density at radius 2 is 0.958 bits per heavy atom. The molecule has 0 aromatic carbocycles. The van der Waals surface area contributed by atoms with E-state index in [2.05, 4.69) is 12.3 Å². The van der Waals surface area contributed by atoms with Crippen molar-refractivity contribution in [2.75, 3.05) is 0 Å². The van der Waals surface area contributed by atoms with Gasteiger partial charge >= 0.3 is 35.8 Å². The van der Waals surface area contributed by atoms with Crippen LogP contribution in [0.3, 0.4) is 0 Å². The van der Waals surface area contributed by atoms with Gasteiger partial charge in [-0.1, -0.05) is 12.7 Å². The highest BCUT2D eigenvalue weighted by Gasteiger charge is 2.91. The Bertz CT molecular complexity index is 513. The molecule has 0 aliphatic heterocycles. The number of rotatable bonds is 6. The fourth-order valence-corrected chi connectivity index (χ4v) is 1.18. The average Bonchev–Trinajstić information content (AvgIpc) is 2.36. The van der Waals surface area contributed by atoms with Crippen molar-refractivity contribution in [2.45, 2.75) is 35.8 Å². The van der Waals surface area contributed by atoms with Gasteiger partial charge in [-0.25, -0.2) is 0 Å². The van der Waals surface area contributed by atoms with E-state index >= 15 is 0 Å². The topological polar surface area (TPSA) is 26.0 Å². The highest BCUT2D eigenvalue weighted by Crippen LogP contribution is 2.60. The Labute approximate surface area is 124 Å². The molecule has 0 bridgehead atoms. The molecule has 0 fully saturated rings. The summed E-state index contributed by atoms with van der Waals surface area (Å²) in [5.41, 5.74) is 1.73. The van der Waals surface area contributed by atoms with Crippen molar-refractivity contribution in [3.63, 3.8) is 0 Å². The number of allylic oxidation sites excluding steroid dienone is 3. The van der Waals surface area contributed by atoms with Gasteiger partial charge in [0.05, 0.1) is 5.70 Å².